The van der Waals surface area contributed by atoms with Crippen LogP contribution >= 0.6 is 0 Å². The van der Waals surface area contributed by atoms with Gasteiger partial charge in [0.05, 0.1) is 12.7 Å². The number of nitrogens with zero attached hydrogens (tertiary/aromatic N) is 1. The van der Waals surface area contributed by atoms with Crippen LogP contribution in [0.25, 0.3) is 0 Å². The van der Waals surface area contributed by atoms with Gasteiger partial charge in [-0.05, 0) is 63.3 Å². The third kappa shape index (κ3) is 4.40. The molecule has 1 saturated heterocycles. The average Bonchev–Trinajstić information content (AvgIpc) is 2.52. The van der Waals surface area contributed by atoms with Crippen molar-refractivity contribution in [2.24, 2.45) is 0 Å². The minimum Gasteiger partial charge on any atom is -0.496 e. The normalized spacial score (nSPS) is 15.9. The largest absolute Gasteiger partial charge is 0.496 e. The first-order valence-corrected chi connectivity index (χ1v) is 8.10. The van der Waals surface area contributed by atoms with Crippen LogP contribution in [0.4, 0.5) is 4.79 Å². The summed E-state index contributed by atoms with van der Waals surface area (Å²) in [5.41, 5.74) is 0.633. The fraction of sp³-hybridized carbons (Fsp3) is 0.556. The van der Waals surface area contributed by atoms with Gasteiger partial charge in [-0.1, -0.05) is 0 Å². The molecule has 1 heterocycles. The molecule has 0 radical (unpaired) electrons. The van der Waals surface area contributed by atoms with Crippen LogP contribution in [0.5, 0.6) is 5.75 Å². The van der Waals surface area contributed by atoms with Gasteiger partial charge in [0.1, 0.15) is 11.4 Å². The lowest BCUT2D eigenvalue weighted by Gasteiger charge is -2.34. The molecule has 1 aromatic carbocycles. The van der Waals surface area contributed by atoms with Gasteiger partial charge >= 0.3 is 12.1 Å². The predicted octanol–water partition coefficient (Wildman–Crippen LogP) is 3.51. The van der Waals surface area contributed by atoms with E-state index in [1.165, 1.54) is 0 Å². The number of likely N-dealkylation sites (tertiary alicyclic amines) is 1. The smallest absolute Gasteiger partial charge is 0.410 e. The maximum Gasteiger partial charge on any atom is 0.410 e. The number of aromatic carboxylic acids is 1. The first kappa shape index (κ1) is 18.1. The summed E-state index contributed by atoms with van der Waals surface area (Å²) in [4.78, 5) is 25.0. The number of benzene rings is 1. The highest BCUT2D eigenvalue weighted by molar-refractivity contribution is 5.88. The Bertz CT molecular complexity index is 612. The van der Waals surface area contributed by atoms with Crippen LogP contribution in [-0.4, -0.2) is 47.9 Å². The lowest BCUT2D eigenvalue weighted by molar-refractivity contribution is 0.0204. The fourth-order valence-electron chi connectivity index (χ4n) is 2.89. The minimum absolute atomic E-state index is 0.165. The minimum atomic E-state index is -0.954. The molecule has 0 aromatic heterocycles. The molecule has 1 aromatic rings. The molecule has 132 valence electrons. The maximum absolute atomic E-state index is 12.1. The number of rotatable bonds is 3. The van der Waals surface area contributed by atoms with Crippen LogP contribution in [0.3, 0.4) is 0 Å². The summed E-state index contributed by atoms with van der Waals surface area (Å²) < 4.78 is 10.8. The Morgan fingerprint density at radius 3 is 2.33 bits per heavy atom. The van der Waals surface area contributed by atoms with Gasteiger partial charge in [0, 0.05) is 13.1 Å². The van der Waals surface area contributed by atoms with E-state index in [1.807, 2.05) is 20.8 Å². The molecule has 0 saturated carbocycles. The number of carbonyl (C=O) groups is 2. The molecule has 1 aliphatic rings. The summed E-state index contributed by atoms with van der Waals surface area (Å²) in [5.74, 6) is -0.0984. The Morgan fingerprint density at radius 1 is 1.21 bits per heavy atom. The Morgan fingerprint density at radius 2 is 1.83 bits per heavy atom. The van der Waals surface area contributed by atoms with Crippen molar-refractivity contribution in [3.63, 3.8) is 0 Å². The third-order valence-corrected chi connectivity index (χ3v) is 4.06. The maximum atomic E-state index is 12.1. The molecule has 1 N–H and O–H groups in total. The Hall–Kier alpha value is -2.24. The van der Waals surface area contributed by atoms with Crippen molar-refractivity contribution >= 4 is 12.1 Å². The summed E-state index contributed by atoms with van der Waals surface area (Å²) in [6.45, 7) is 6.71. The molecular formula is C18H25NO5. The molecular weight excluding hydrogens is 310 g/mol. The number of methoxy groups -OCH3 is 1. The Labute approximate surface area is 142 Å². The standard InChI is InChI=1S/C18H25NO5/c1-18(2,3)24-17(22)19-9-7-12(8-10-19)14-11-13(16(20)21)5-6-15(14)23-4/h5-6,11-12H,7-10H2,1-4H3,(H,20,21). The number of piperidine rings is 1. The van der Waals surface area contributed by atoms with Crippen molar-refractivity contribution in [3.05, 3.63) is 29.3 Å². The highest BCUT2D eigenvalue weighted by atomic mass is 16.6. The number of carboxylic acids is 1. The molecule has 0 spiro atoms. The van der Waals surface area contributed by atoms with Crippen LogP contribution in [0.1, 0.15) is 55.5 Å². The van der Waals surface area contributed by atoms with Crippen molar-refractivity contribution in [1.29, 1.82) is 0 Å². The topological polar surface area (TPSA) is 76.1 Å². The van der Waals surface area contributed by atoms with Gasteiger partial charge in [0.25, 0.3) is 0 Å². The first-order valence-electron chi connectivity index (χ1n) is 8.10. The number of carboxylic acid groups (broad SMARTS) is 1. The van der Waals surface area contributed by atoms with Gasteiger partial charge in [0.15, 0.2) is 0 Å². The van der Waals surface area contributed by atoms with Crippen LogP contribution in [0, 0.1) is 0 Å². The van der Waals surface area contributed by atoms with Gasteiger partial charge < -0.3 is 19.5 Å². The quantitative estimate of drug-likeness (QED) is 0.915. The molecule has 0 bridgehead atoms. The van der Waals surface area contributed by atoms with Crippen molar-refractivity contribution in [2.45, 2.75) is 45.1 Å². The van der Waals surface area contributed by atoms with Gasteiger partial charge in [0.2, 0.25) is 0 Å². The van der Waals surface area contributed by atoms with Crippen LogP contribution < -0.4 is 4.74 Å². The van der Waals surface area contributed by atoms with Crippen molar-refractivity contribution < 1.29 is 24.2 Å². The molecule has 6 nitrogen and oxygen atoms in total. The van der Waals surface area contributed by atoms with E-state index in [-0.39, 0.29) is 17.6 Å². The predicted molar refractivity (Wildman–Crippen MR) is 89.7 cm³/mol. The van der Waals surface area contributed by atoms with Crippen LogP contribution in [0.15, 0.2) is 18.2 Å². The zero-order valence-corrected chi connectivity index (χ0v) is 14.7. The van der Waals surface area contributed by atoms with E-state index in [0.29, 0.717) is 18.8 Å². The number of hydrogen-bond acceptors (Lipinski definition) is 4. The monoisotopic (exact) mass is 335 g/mol. The highest BCUT2D eigenvalue weighted by Crippen LogP contribution is 2.35. The fourth-order valence-corrected chi connectivity index (χ4v) is 2.89. The Balaban J connectivity index is 2.08. The second-order valence-corrected chi connectivity index (χ2v) is 7.00. The van der Waals surface area contributed by atoms with E-state index in [1.54, 1.807) is 30.2 Å². The molecule has 1 aliphatic heterocycles. The van der Waals surface area contributed by atoms with Gasteiger partial charge in [-0.2, -0.15) is 0 Å². The molecule has 0 atom stereocenters. The summed E-state index contributed by atoms with van der Waals surface area (Å²) in [6.07, 6.45) is 1.20. The van der Waals surface area contributed by atoms with E-state index < -0.39 is 11.6 Å². The summed E-state index contributed by atoms with van der Waals surface area (Å²) >= 11 is 0. The molecule has 6 heteroatoms. The summed E-state index contributed by atoms with van der Waals surface area (Å²) in [7, 11) is 1.58. The number of carbonyl (C=O) groups excluding carboxylic acids is 1. The third-order valence-electron chi connectivity index (χ3n) is 4.06. The van der Waals surface area contributed by atoms with Crippen LogP contribution in [0.2, 0.25) is 0 Å². The van der Waals surface area contributed by atoms with Gasteiger partial charge in [-0.25, -0.2) is 9.59 Å². The Kier molecular flexibility index (Phi) is 5.36. The van der Waals surface area contributed by atoms with E-state index in [2.05, 4.69) is 0 Å². The zero-order chi connectivity index (χ0) is 17.9. The van der Waals surface area contributed by atoms with Crippen molar-refractivity contribution in [2.75, 3.05) is 20.2 Å². The second-order valence-electron chi connectivity index (χ2n) is 7.00. The van der Waals surface area contributed by atoms with E-state index >= 15 is 0 Å². The lowest BCUT2D eigenvalue weighted by Crippen LogP contribution is -2.41. The molecule has 2 rings (SSSR count). The van der Waals surface area contributed by atoms with Crippen molar-refractivity contribution in [1.82, 2.24) is 4.90 Å². The molecule has 0 aliphatic carbocycles. The zero-order valence-electron chi connectivity index (χ0n) is 14.7. The molecule has 0 unspecified atom stereocenters. The molecule has 1 fully saturated rings. The SMILES string of the molecule is COc1ccc(C(=O)O)cc1C1CCN(C(=O)OC(C)(C)C)CC1. The molecule has 1 amide bonds. The van der Waals surface area contributed by atoms with E-state index in [0.717, 1.165) is 18.4 Å². The number of ether oxygens (including phenoxy) is 2. The first-order chi connectivity index (χ1) is 11.2. The summed E-state index contributed by atoms with van der Waals surface area (Å²) in [6, 6.07) is 4.91. The van der Waals surface area contributed by atoms with E-state index in [4.69, 9.17) is 9.47 Å². The second kappa shape index (κ2) is 7.11. The van der Waals surface area contributed by atoms with Crippen LogP contribution in [-0.2, 0) is 4.74 Å². The number of amides is 1. The lowest BCUT2D eigenvalue weighted by atomic mass is 9.88. The number of hydrogen-bond donors (Lipinski definition) is 1. The average molecular weight is 335 g/mol. The molecule has 24 heavy (non-hydrogen) atoms. The van der Waals surface area contributed by atoms with Gasteiger partial charge in [-0.3, -0.25) is 0 Å². The van der Waals surface area contributed by atoms with E-state index in [9.17, 15) is 14.7 Å². The highest BCUT2D eigenvalue weighted by Gasteiger charge is 2.29. The van der Waals surface area contributed by atoms with Crippen molar-refractivity contribution in [3.8, 4) is 5.75 Å². The van der Waals surface area contributed by atoms with Gasteiger partial charge in [-0.15, -0.1) is 0 Å². The summed E-state index contributed by atoms with van der Waals surface area (Å²) in [5, 5.41) is 9.18.